The maximum absolute atomic E-state index is 5.62. The summed E-state index contributed by atoms with van der Waals surface area (Å²) >= 11 is 0. The number of nitrogen functional groups attached to an aromatic ring is 1. The highest BCUT2D eigenvalue weighted by Crippen LogP contribution is 2.40. The summed E-state index contributed by atoms with van der Waals surface area (Å²) in [6.45, 7) is 0. The quantitative estimate of drug-likeness (QED) is 0.528. The zero-order valence-corrected chi connectivity index (χ0v) is 6.94. The van der Waals surface area contributed by atoms with E-state index >= 15 is 0 Å². The van der Waals surface area contributed by atoms with Gasteiger partial charge in [-0.3, -0.25) is 0 Å². The average molecular weight is 165 g/mol. The zero-order chi connectivity index (χ0) is 8.55. The lowest BCUT2D eigenvalue weighted by Crippen LogP contribution is -2.12. The Morgan fingerprint density at radius 1 is 1.67 bits per heavy atom. The third-order valence-corrected chi connectivity index (χ3v) is 1.95. The second kappa shape index (κ2) is 2.58. The largest absolute Gasteiger partial charge is 0.323 e. The number of hydrogen-bond donors (Lipinski definition) is 1. The van der Waals surface area contributed by atoms with Gasteiger partial charge in [0.2, 0.25) is 0 Å². The normalized spacial score (nSPS) is 17.4. The molecule has 2 N–H and O–H groups in total. The van der Waals surface area contributed by atoms with Crippen molar-refractivity contribution < 1.29 is 0 Å². The van der Waals surface area contributed by atoms with Crippen LogP contribution < -0.4 is 5.84 Å². The molecule has 0 bridgehead atoms. The van der Waals surface area contributed by atoms with E-state index in [4.69, 9.17) is 5.84 Å². The van der Waals surface area contributed by atoms with Crippen LogP contribution in [0.5, 0.6) is 0 Å². The molecule has 0 unspecified atom stereocenters. The van der Waals surface area contributed by atoms with Gasteiger partial charge in [0.1, 0.15) is 0 Å². The summed E-state index contributed by atoms with van der Waals surface area (Å²) in [7, 11) is 1.62. The van der Waals surface area contributed by atoms with Crippen LogP contribution >= 0.6 is 0 Å². The summed E-state index contributed by atoms with van der Waals surface area (Å²) in [5.41, 5.74) is 1.07. The Labute approximate surface area is 70.2 Å². The number of aromatic nitrogens is 2. The molecular weight excluding hydrogens is 154 g/mol. The molecule has 12 heavy (non-hydrogen) atoms. The standard InChI is InChI=1S/C7H11N5/c1-9-10-7-4-6(5-2-3-5)12(8)11-7/h4-5H,2-3,8H2,1H3. The van der Waals surface area contributed by atoms with Gasteiger partial charge in [-0.15, -0.1) is 10.2 Å². The minimum atomic E-state index is 0.599. The minimum Gasteiger partial charge on any atom is -0.323 e. The molecular formula is C7H11N5. The van der Waals surface area contributed by atoms with Crippen LogP contribution in [-0.2, 0) is 0 Å². The predicted octanol–water partition coefficient (Wildman–Crippen LogP) is 1.19. The van der Waals surface area contributed by atoms with Gasteiger partial charge in [0.25, 0.3) is 0 Å². The first kappa shape index (κ1) is 7.27. The molecule has 0 atom stereocenters. The molecule has 0 amide bonds. The van der Waals surface area contributed by atoms with Gasteiger partial charge in [0.05, 0.1) is 5.69 Å². The van der Waals surface area contributed by atoms with E-state index in [1.807, 2.05) is 6.07 Å². The van der Waals surface area contributed by atoms with Crippen LogP contribution in [0.1, 0.15) is 24.5 Å². The lowest BCUT2D eigenvalue weighted by molar-refractivity contribution is 0.766. The highest BCUT2D eigenvalue weighted by Gasteiger charge is 2.27. The van der Waals surface area contributed by atoms with E-state index < -0.39 is 0 Å². The van der Waals surface area contributed by atoms with E-state index in [-0.39, 0.29) is 0 Å². The molecule has 0 aromatic carbocycles. The lowest BCUT2D eigenvalue weighted by Gasteiger charge is -1.94. The molecule has 0 spiro atoms. The first-order valence-corrected chi connectivity index (χ1v) is 3.96. The van der Waals surface area contributed by atoms with Gasteiger partial charge in [-0.05, 0) is 12.8 Å². The van der Waals surface area contributed by atoms with Crippen molar-refractivity contribution in [3.63, 3.8) is 0 Å². The summed E-state index contributed by atoms with van der Waals surface area (Å²) in [5.74, 6) is 6.82. The topological polar surface area (TPSA) is 68.6 Å². The number of nitrogens with two attached hydrogens (primary N) is 1. The van der Waals surface area contributed by atoms with E-state index in [0.717, 1.165) is 5.69 Å². The Hall–Kier alpha value is -1.39. The fourth-order valence-corrected chi connectivity index (χ4v) is 1.23. The number of hydrogen-bond acceptors (Lipinski definition) is 4. The Morgan fingerprint density at radius 3 is 3.00 bits per heavy atom. The van der Waals surface area contributed by atoms with Crippen LogP contribution in [0.4, 0.5) is 5.82 Å². The number of rotatable bonds is 2. The van der Waals surface area contributed by atoms with Crippen molar-refractivity contribution in [2.45, 2.75) is 18.8 Å². The monoisotopic (exact) mass is 165 g/mol. The van der Waals surface area contributed by atoms with Crippen LogP contribution in [0, 0.1) is 0 Å². The molecule has 64 valence electrons. The highest BCUT2D eigenvalue weighted by atomic mass is 15.5. The second-order valence-electron chi connectivity index (χ2n) is 2.95. The van der Waals surface area contributed by atoms with Crippen molar-refractivity contribution in [2.75, 3.05) is 12.9 Å². The third-order valence-electron chi connectivity index (χ3n) is 1.95. The zero-order valence-electron chi connectivity index (χ0n) is 6.94. The average Bonchev–Trinajstić information content (AvgIpc) is 2.79. The number of azo groups is 1. The molecule has 1 aliphatic rings. The van der Waals surface area contributed by atoms with Crippen LogP contribution in [0.3, 0.4) is 0 Å². The molecule has 0 aliphatic heterocycles. The molecule has 1 aromatic heterocycles. The second-order valence-corrected chi connectivity index (χ2v) is 2.95. The fraction of sp³-hybridized carbons (Fsp3) is 0.571. The van der Waals surface area contributed by atoms with Crippen molar-refractivity contribution in [1.29, 1.82) is 0 Å². The van der Waals surface area contributed by atoms with E-state index in [1.165, 1.54) is 17.6 Å². The molecule has 2 rings (SSSR count). The van der Waals surface area contributed by atoms with E-state index in [9.17, 15) is 0 Å². The van der Waals surface area contributed by atoms with Crippen molar-refractivity contribution >= 4 is 5.82 Å². The van der Waals surface area contributed by atoms with Gasteiger partial charge in [-0.25, -0.2) is 0 Å². The SMILES string of the molecule is CN=Nc1cc(C2CC2)n(N)n1. The van der Waals surface area contributed by atoms with Crippen molar-refractivity contribution in [2.24, 2.45) is 10.2 Å². The first-order chi connectivity index (χ1) is 5.81. The van der Waals surface area contributed by atoms with Crippen LogP contribution in [0.15, 0.2) is 16.3 Å². The molecule has 1 fully saturated rings. The smallest absolute Gasteiger partial charge is 0.197 e. The fourth-order valence-electron chi connectivity index (χ4n) is 1.23. The molecule has 1 aromatic rings. The van der Waals surface area contributed by atoms with Gasteiger partial charge in [-0.1, -0.05) is 0 Å². The Balaban J connectivity index is 2.30. The van der Waals surface area contributed by atoms with Crippen LogP contribution in [0.2, 0.25) is 0 Å². The first-order valence-electron chi connectivity index (χ1n) is 3.96. The highest BCUT2D eigenvalue weighted by molar-refractivity contribution is 5.31. The minimum absolute atomic E-state index is 0.599. The molecule has 5 heteroatoms. The Bertz CT molecular complexity index is 310. The molecule has 0 radical (unpaired) electrons. The molecule has 1 heterocycles. The maximum Gasteiger partial charge on any atom is 0.197 e. The summed E-state index contributed by atoms with van der Waals surface area (Å²) in [4.78, 5) is 1.40. The van der Waals surface area contributed by atoms with Crippen LogP contribution in [-0.4, -0.2) is 16.9 Å². The van der Waals surface area contributed by atoms with Gasteiger partial charge in [0, 0.05) is 19.0 Å². The third kappa shape index (κ3) is 1.17. The van der Waals surface area contributed by atoms with Gasteiger partial charge in [0.15, 0.2) is 5.82 Å². The molecule has 0 saturated heterocycles. The van der Waals surface area contributed by atoms with E-state index in [0.29, 0.717) is 11.7 Å². The van der Waals surface area contributed by atoms with Crippen molar-refractivity contribution in [1.82, 2.24) is 9.89 Å². The van der Waals surface area contributed by atoms with Gasteiger partial charge >= 0.3 is 0 Å². The Morgan fingerprint density at radius 2 is 2.42 bits per heavy atom. The molecule has 1 aliphatic carbocycles. The van der Waals surface area contributed by atoms with Crippen molar-refractivity contribution in [3.8, 4) is 0 Å². The van der Waals surface area contributed by atoms with Gasteiger partial charge in [-0.2, -0.15) is 9.91 Å². The van der Waals surface area contributed by atoms with Gasteiger partial charge < -0.3 is 5.84 Å². The molecule has 5 nitrogen and oxygen atoms in total. The van der Waals surface area contributed by atoms with E-state index in [2.05, 4.69) is 15.3 Å². The summed E-state index contributed by atoms with van der Waals surface area (Å²) < 4.78 is 0. The maximum atomic E-state index is 5.62. The summed E-state index contributed by atoms with van der Waals surface area (Å²) in [6, 6.07) is 1.89. The Kier molecular flexibility index (Phi) is 1.56. The van der Waals surface area contributed by atoms with Crippen LogP contribution in [0.25, 0.3) is 0 Å². The van der Waals surface area contributed by atoms with E-state index in [1.54, 1.807) is 7.05 Å². The molecule has 1 saturated carbocycles. The lowest BCUT2D eigenvalue weighted by atomic mass is 10.3. The number of nitrogens with zero attached hydrogens (tertiary/aromatic N) is 4. The summed E-state index contributed by atoms with van der Waals surface area (Å²) in [6.07, 6.45) is 2.43. The summed E-state index contributed by atoms with van der Waals surface area (Å²) in [5, 5.41) is 11.4. The van der Waals surface area contributed by atoms with Crippen molar-refractivity contribution in [3.05, 3.63) is 11.8 Å². The predicted molar refractivity (Wildman–Crippen MR) is 44.8 cm³/mol.